The topological polar surface area (TPSA) is 58.6 Å². The molecule has 0 aromatic carbocycles. The molecule has 1 aliphatic carbocycles. The SMILES string of the molecule is Cc1ccnc(Cl)c1CSc1nc2c(c(=O)[nH]1)CCCCCC2. The number of aryl methyl sites for hydroxylation is 2. The van der Waals surface area contributed by atoms with Gasteiger partial charge in [0.15, 0.2) is 5.16 Å². The first-order valence-electron chi connectivity index (χ1n) is 8.00. The number of aromatic nitrogens is 3. The number of halogens is 1. The predicted octanol–water partition coefficient (Wildman–Crippen LogP) is 4.08. The van der Waals surface area contributed by atoms with Gasteiger partial charge >= 0.3 is 0 Å². The van der Waals surface area contributed by atoms with E-state index >= 15 is 0 Å². The van der Waals surface area contributed by atoms with E-state index in [0.717, 1.165) is 48.1 Å². The lowest BCUT2D eigenvalue weighted by Gasteiger charge is -2.13. The van der Waals surface area contributed by atoms with E-state index in [4.69, 9.17) is 16.6 Å². The summed E-state index contributed by atoms with van der Waals surface area (Å²) in [4.78, 5) is 24.1. The maximum atomic E-state index is 12.3. The molecule has 1 N–H and O–H groups in total. The number of thioether (sulfide) groups is 1. The standard InChI is InChI=1S/C17H20ClN3OS/c1-11-8-9-19-15(18)13(11)10-23-17-20-14-7-5-3-2-4-6-12(14)16(22)21-17/h8-9H,2-7,10H2,1H3,(H,20,21,22). The Bertz CT molecular complexity index is 740. The minimum atomic E-state index is 0.0217. The average Bonchev–Trinajstić information content (AvgIpc) is 2.48. The normalized spacial score (nSPS) is 14.9. The minimum Gasteiger partial charge on any atom is -0.301 e. The molecular formula is C17H20ClN3OS. The van der Waals surface area contributed by atoms with Gasteiger partial charge in [-0.15, -0.1) is 0 Å². The number of hydrogen-bond acceptors (Lipinski definition) is 4. The van der Waals surface area contributed by atoms with Crippen LogP contribution in [0.15, 0.2) is 22.2 Å². The summed E-state index contributed by atoms with van der Waals surface area (Å²) in [5.41, 5.74) is 3.97. The van der Waals surface area contributed by atoms with Crippen molar-refractivity contribution in [3.8, 4) is 0 Å². The summed E-state index contributed by atoms with van der Waals surface area (Å²) in [7, 11) is 0. The molecule has 2 aromatic heterocycles. The summed E-state index contributed by atoms with van der Waals surface area (Å²) in [6.07, 6.45) is 8.07. The predicted molar refractivity (Wildman–Crippen MR) is 94.3 cm³/mol. The van der Waals surface area contributed by atoms with Gasteiger partial charge in [-0.1, -0.05) is 36.2 Å². The van der Waals surface area contributed by atoms with Gasteiger partial charge in [0, 0.05) is 23.1 Å². The molecule has 0 saturated heterocycles. The molecule has 0 aliphatic heterocycles. The van der Waals surface area contributed by atoms with Gasteiger partial charge in [-0.3, -0.25) is 4.79 Å². The van der Waals surface area contributed by atoms with Crippen molar-refractivity contribution in [2.24, 2.45) is 0 Å². The molecule has 2 heterocycles. The van der Waals surface area contributed by atoms with Crippen molar-refractivity contribution < 1.29 is 0 Å². The van der Waals surface area contributed by atoms with Crippen molar-refractivity contribution >= 4 is 23.4 Å². The summed E-state index contributed by atoms with van der Waals surface area (Å²) in [6, 6.07) is 1.94. The number of hydrogen-bond donors (Lipinski definition) is 1. The van der Waals surface area contributed by atoms with Crippen molar-refractivity contribution in [1.82, 2.24) is 15.0 Å². The number of fused-ring (bicyclic) bond motifs is 1. The molecule has 0 spiro atoms. The van der Waals surface area contributed by atoms with Crippen LogP contribution in [0.1, 0.15) is 48.1 Å². The van der Waals surface area contributed by atoms with Gasteiger partial charge in [0.25, 0.3) is 5.56 Å². The van der Waals surface area contributed by atoms with E-state index in [1.807, 2.05) is 13.0 Å². The van der Waals surface area contributed by atoms with Gasteiger partial charge in [-0.25, -0.2) is 9.97 Å². The molecule has 4 nitrogen and oxygen atoms in total. The molecular weight excluding hydrogens is 330 g/mol. The maximum absolute atomic E-state index is 12.3. The number of H-pyrrole nitrogens is 1. The van der Waals surface area contributed by atoms with Gasteiger partial charge < -0.3 is 4.98 Å². The van der Waals surface area contributed by atoms with E-state index in [9.17, 15) is 4.79 Å². The van der Waals surface area contributed by atoms with Crippen molar-refractivity contribution in [2.75, 3.05) is 0 Å². The van der Waals surface area contributed by atoms with Crippen LogP contribution in [0.2, 0.25) is 5.15 Å². The lowest BCUT2D eigenvalue weighted by molar-refractivity contribution is 0.597. The molecule has 3 rings (SSSR count). The van der Waals surface area contributed by atoms with Gasteiger partial charge in [0.2, 0.25) is 0 Å². The molecule has 122 valence electrons. The Balaban J connectivity index is 1.82. The molecule has 2 aromatic rings. The van der Waals surface area contributed by atoms with E-state index < -0.39 is 0 Å². The molecule has 23 heavy (non-hydrogen) atoms. The molecule has 0 amide bonds. The fraction of sp³-hybridized carbons (Fsp3) is 0.471. The third-order valence-corrected chi connectivity index (χ3v) is 5.49. The van der Waals surface area contributed by atoms with Crippen LogP contribution >= 0.6 is 23.4 Å². The van der Waals surface area contributed by atoms with Gasteiger partial charge in [-0.05, 0) is 44.2 Å². The Labute approximate surface area is 145 Å². The first-order chi connectivity index (χ1) is 11.1. The summed E-state index contributed by atoms with van der Waals surface area (Å²) < 4.78 is 0. The van der Waals surface area contributed by atoms with Gasteiger partial charge in [0.05, 0.1) is 5.69 Å². The van der Waals surface area contributed by atoms with Crippen LogP contribution < -0.4 is 5.56 Å². The third kappa shape index (κ3) is 3.96. The number of nitrogens with one attached hydrogen (secondary N) is 1. The van der Waals surface area contributed by atoms with Crippen LogP contribution in [0.3, 0.4) is 0 Å². The zero-order valence-electron chi connectivity index (χ0n) is 13.2. The first-order valence-corrected chi connectivity index (χ1v) is 9.36. The number of pyridine rings is 1. The van der Waals surface area contributed by atoms with Gasteiger partial charge in [-0.2, -0.15) is 0 Å². The molecule has 0 bridgehead atoms. The van der Waals surface area contributed by atoms with Gasteiger partial charge in [0.1, 0.15) is 5.15 Å². The van der Waals surface area contributed by atoms with E-state index in [2.05, 4.69) is 9.97 Å². The lowest BCUT2D eigenvalue weighted by atomic mass is 9.98. The molecule has 0 atom stereocenters. The number of nitrogens with zero attached hydrogens (tertiary/aromatic N) is 2. The maximum Gasteiger partial charge on any atom is 0.254 e. The molecule has 1 aliphatic rings. The smallest absolute Gasteiger partial charge is 0.254 e. The Morgan fingerprint density at radius 3 is 2.83 bits per heavy atom. The highest BCUT2D eigenvalue weighted by molar-refractivity contribution is 7.98. The fourth-order valence-electron chi connectivity index (χ4n) is 2.87. The highest BCUT2D eigenvalue weighted by atomic mass is 35.5. The Hall–Kier alpha value is -1.33. The van der Waals surface area contributed by atoms with Crippen molar-refractivity contribution in [3.63, 3.8) is 0 Å². The fourth-order valence-corrected chi connectivity index (χ4v) is 4.21. The number of aromatic amines is 1. The second kappa shape index (κ2) is 7.49. The molecule has 0 radical (unpaired) electrons. The summed E-state index contributed by atoms with van der Waals surface area (Å²) in [6.45, 7) is 2.01. The second-order valence-corrected chi connectivity index (χ2v) is 7.22. The van der Waals surface area contributed by atoms with E-state index in [1.54, 1.807) is 6.20 Å². The minimum absolute atomic E-state index is 0.0217. The molecule has 0 saturated carbocycles. The van der Waals surface area contributed by atoms with Crippen LogP contribution in [-0.2, 0) is 18.6 Å². The first kappa shape index (κ1) is 16.5. The quantitative estimate of drug-likeness (QED) is 0.515. The van der Waals surface area contributed by atoms with Crippen molar-refractivity contribution in [1.29, 1.82) is 0 Å². The average molecular weight is 350 g/mol. The van der Waals surface area contributed by atoms with Crippen LogP contribution in [0.5, 0.6) is 0 Å². The van der Waals surface area contributed by atoms with Crippen molar-refractivity contribution in [2.45, 2.75) is 56.4 Å². The summed E-state index contributed by atoms with van der Waals surface area (Å²) >= 11 is 7.68. The lowest BCUT2D eigenvalue weighted by Crippen LogP contribution is -2.20. The zero-order valence-corrected chi connectivity index (χ0v) is 14.8. The largest absolute Gasteiger partial charge is 0.301 e. The second-order valence-electron chi connectivity index (χ2n) is 5.90. The van der Waals surface area contributed by atoms with E-state index in [1.165, 1.54) is 24.6 Å². The van der Waals surface area contributed by atoms with Crippen LogP contribution in [-0.4, -0.2) is 15.0 Å². The summed E-state index contributed by atoms with van der Waals surface area (Å²) in [5, 5.41) is 1.19. The molecule has 6 heteroatoms. The van der Waals surface area contributed by atoms with Crippen LogP contribution in [0, 0.1) is 6.92 Å². The Morgan fingerprint density at radius 2 is 2.04 bits per heavy atom. The third-order valence-electron chi connectivity index (χ3n) is 4.26. The Kier molecular flexibility index (Phi) is 5.38. The van der Waals surface area contributed by atoms with Crippen molar-refractivity contribution in [3.05, 3.63) is 50.2 Å². The molecule has 0 fully saturated rings. The summed E-state index contributed by atoms with van der Waals surface area (Å²) in [5.74, 6) is 0.653. The number of rotatable bonds is 3. The Morgan fingerprint density at radius 1 is 1.26 bits per heavy atom. The van der Waals surface area contributed by atoms with E-state index in [-0.39, 0.29) is 5.56 Å². The molecule has 0 unspecified atom stereocenters. The van der Waals surface area contributed by atoms with Crippen LogP contribution in [0.4, 0.5) is 0 Å². The zero-order chi connectivity index (χ0) is 16.2. The van der Waals surface area contributed by atoms with E-state index in [0.29, 0.717) is 16.1 Å². The monoisotopic (exact) mass is 349 g/mol. The highest BCUT2D eigenvalue weighted by Gasteiger charge is 2.14. The van der Waals surface area contributed by atoms with Crippen LogP contribution in [0.25, 0.3) is 0 Å². The highest BCUT2D eigenvalue weighted by Crippen LogP contribution is 2.26.